The maximum absolute atomic E-state index is 5.78. The van der Waals surface area contributed by atoms with E-state index in [1.165, 1.54) is 37.7 Å². The van der Waals surface area contributed by atoms with Gasteiger partial charge in [-0.2, -0.15) is 0 Å². The van der Waals surface area contributed by atoms with Crippen LogP contribution in [0.25, 0.3) is 0 Å². The third-order valence-electron chi connectivity index (χ3n) is 3.72. The van der Waals surface area contributed by atoms with E-state index in [9.17, 15) is 0 Å². The highest BCUT2D eigenvalue weighted by Crippen LogP contribution is 2.17. The van der Waals surface area contributed by atoms with E-state index in [2.05, 4.69) is 30.4 Å². The van der Waals surface area contributed by atoms with E-state index in [-0.39, 0.29) is 0 Å². The van der Waals surface area contributed by atoms with Crippen LogP contribution in [0.15, 0.2) is 24.3 Å². The fraction of sp³-hybridized carbons (Fsp3) is 0.625. The molecule has 0 radical (unpaired) electrons. The Morgan fingerprint density at radius 1 is 1.22 bits per heavy atom. The summed E-state index contributed by atoms with van der Waals surface area (Å²) < 4.78 is 5.78. The molecule has 1 aromatic carbocycles. The van der Waals surface area contributed by atoms with Crippen molar-refractivity contribution in [1.82, 2.24) is 5.32 Å². The molecule has 0 aliphatic heterocycles. The molecule has 2 rings (SSSR count). The number of benzene rings is 1. The lowest BCUT2D eigenvalue weighted by molar-refractivity contribution is 0.289. The van der Waals surface area contributed by atoms with E-state index >= 15 is 0 Å². The minimum atomic E-state index is 0.726. The monoisotopic (exact) mass is 247 g/mol. The van der Waals surface area contributed by atoms with Gasteiger partial charge in [-0.3, -0.25) is 0 Å². The van der Waals surface area contributed by atoms with Gasteiger partial charge in [0.25, 0.3) is 0 Å². The van der Waals surface area contributed by atoms with Gasteiger partial charge < -0.3 is 10.1 Å². The van der Waals surface area contributed by atoms with Crippen molar-refractivity contribution < 1.29 is 4.74 Å². The molecule has 0 saturated heterocycles. The Hall–Kier alpha value is -1.02. The summed E-state index contributed by atoms with van der Waals surface area (Å²) in [6, 6.07) is 9.13. The number of nitrogens with one attached hydrogen (secondary N) is 1. The molecular formula is C16H25NO. The summed E-state index contributed by atoms with van der Waals surface area (Å²) in [5.41, 5.74) is 1.34. The standard InChI is InChI=1S/C16H25NO/c1-2-14-7-6-10-16(13-14)18-12-11-17-15-8-4-3-5-9-15/h6-7,10,13,15,17H,2-5,8-9,11-12H2,1H3. The van der Waals surface area contributed by atoms with Gasteiger partial charge in [0, 0.05) is 12.6 Å². The molecule has 0 amide bonds. The lowest BCUT2D eigenvalue weighted by atomic mass is 9.96. The van der Waals surface area contributed by atoms with Crippen LogP contribution in [0.3, 0.4) is 0 Å². The van der Waals surface area contributed by atoms with E-state index < -0.39 is 0 Å². The van der Waals surface area contributed by atoms with Gasteiger partial charge in [-0.15, -0.1) is 0 Å². The molecule has 1 aromatic rings. The van der Waals surface area contributed by atoms with Crippen molar-refractivity contribution in [2.24, 2.45) is 0 Å². The Kier molecular flexibility index (Phi) is 5.53. The van der Waals surface area contributed by atoms with E-state index in [4.69, 9.17) is 4.74 Å². The van der Waals surface area contributed by atoms with Crippen LogP contribution in [0, 0.1) is 0 Å². The van der Waals surface area contributed by atoms with Gasteiger partial charge in [-0.25, -0.2) is 0 Å². The topological polar surface area (TPSA) is 21.3 Å². The zero-order valence-corrected chi connectivity index (χ0v) is 11.5. The van der Waals surface area contributed by atoms with Crippen LogP contribution in [-0.4, -0.2) is 19.2 Å². The zero-order chi connectivity index (χ0) is 12.6. The maximum atomic E-state index is 5.78. The molecule has 0 heterocycles. The third kappa shape index (κ3) is 4.34. The quantitative estimate of drug-likeness (QED) is 0.776. The van der Waals surface area contributed by atoms with Crippen molar-refractivity contribution in [1.29, 1.82) is 0 Å². The lowest BCUT2D eigenvalue weighted by Crippen LogP contribution is -2.34. The van der Waals surface area contributed by atoms with E-state index in [0.29, 0.717) is 0 Å². The highest BCUT2D eigenvalue weighted by molar-refractivity contribution is 5.28. The molecular weight excluding hydrogens is 222 g/mol. The molecule has 0 unspecified atom stereocenters. The molecule has 2 heteroatoms. The minimum absolute atomic E-state index is 0.726. The summed E-state index contributed by atoms with van der Waals surface area (Å²) in [4.78, 5) is 0. The lowest BCUT2D eigenvalue weighted by Gasteiger charge is -2.22. The van der Waals surface area contributed by atoms with Crippen LogP contribution in [0.1, 0.15) is 44.6 Å². The van der Waals surface area contributed by atoms with E-state index in [1.807, 2.05) is 6.07 Å². The SMILES string of the molecule is CCc1cccc(OCCNC2CCCCC2)c1. The summed E-state index contributed by atoms with van der Waals surface area (Å²) in [6.07, 6.45) is 7.93. The summed E-state index contributed by atoms with van der Waals surface area (Å²) >= 11 is 0. The fourth-order valence-electron chi connectivity index (χ4n) is 2.59. The predicted molar refractivity (Wildman–Crippen MR) is 76.2 cm³/mol. The second-order valence-electron chi connectivity index (χ2n) is 5.14. The van der Waals surface area contributed by atoms with Crippen molar-refractivity contribution in [3.05, 3.63) is 29.8 Å². The Bertz CT molecular complexity index is 345. The number of hydrogen-bond acceptors (Lipinski definition) is 2. The fourth-order valence-corrected chi connectivity index (χ4v) is 2.59. The first kappa shape index (κ1) is 13.4. The van der Waals surface area contributed by atoms with Gasteiger partial charge in [0.05, 0.1) is 0 Å². The summed E-state index contributed by atoms with van der Waals surface area (Å²) in [7, 11) is 0. The average molecular weight is 247 g/mol. The van der Waals surface area contributed by atoms with Crippen molar-refractivity contribution in [3.8, 4) is 5.75 Å². The minimum Gasteiger partial charge on any atom is -0.492 e. The largest absolute Gasteiger partial charge is 0.492 e. The first-order chi connectivity index (χ1) is 8.88. The molecule has 1 aliphatic rings. The van der Waals surface area contributed by atoms with Crippen LogP contribution < -0.4 is 10.1 Å². The maximum Gasteiger partial charge on any atom is 0.119 e. The molecule has 18 heavy (non-hydrogen) atoms. The van der Waals surface area contributed by atoms with Gasteiger partial charge in [0.1, 0.15) is 12.4 Å². The number of rotatable bonds is 6. The Labute approximate surface area is 111 Å². The molecule has 1 fully saturated rings. The van der Waals surface area contributed by atoms with Crippen molar-refractivity contribution in [2.45, 2.75) is 51.5 Å². The normalized spacial score (nSPS) is 16.7. The molecule has 0 bridgehead atoms. The van der Waals surface area contributed by atoms with Crippen LogP contribution in [0.4, 0.5) is 0 Å². The first-order valence-corrected chi connectivity index (χ1v) is 7.33. The molecule has 2 nitrogen and oxygen atoms in total. The summed E-state index contributed by atoms with van der Waals surface area (Å²) in [5.74, 6) is 1.000. The van der Waals surface area contributed by atoms with Gasteiger partial charge in [0.2, 0.25) is 0 Å². The zero-order valence-electron chi connectivity index (χ0n) is 11.5. The third-order valence-corrected chi connectivity index (χ3v) is 3.72. The molecule has 1 aliphatic carbocycles. The highest BCUT2D eigenvalue weighted by Gasteiger charge is 2.11. The van der Waals surface area contributed by atoms with Crippen LogP contribution in [-0.2, 0) is 6.42 Å². The molecule has 0 aromatic heterocycles. The second-order valence-corrected chi connectivity index (χ2v) is 5.14. The van der Waals surface area contributed by atoms with Crippen LogP contribution in [0.2, 0.25) is 0 Å². The Morgan fingerprint density at radius 3 is 2.83 bits per heavy atom. The molecule has 1 N–H and O–H groups in total. The number of hydrogen-bond donors (Lipinski definition) is 1. The smallest absolute Gasteiger partial charge is 0.119 e. The molecule has 0 atom stereocenters. The number of aryl methyl sites for hydroxylation is 1. The van der Waals surface area contributed by atoms with Gasteiger partial charge in [-0.05, 0) is 37.0 Å². The van der Waals surface area contributed by atoms with Crippen molar-refractivity contribution in [2.75, 3.05) is 13.2 Å². The Morgan fingerprint density at radius 2 is 2.06 bits per heavy atom. The van der Waals surface area contributed by atoms with Gasteiger partial charge in [-0.1, -0.05) is 38.3 Å². The highest BCUT2D eigenvalue weighted by atomic mass is 16.5. The molecule has 1 saturated carbocycles. The van der Waals surface area contributed by atoms with Crippen molar-refractivity contribution >= 4 is 0 Å². The van der Waals surface area contributed by atoms with Crippen molar-refractivity contribution in [3.63, 3.8) is 0 Å². The summed E-state index contributed by atoms with van der Waals surface area (Å²) in [6.45, 7) is 3.90. The molecule has 0 spiro atoms. The first-order valence-electron chi connectivity index (χ1n) is 7.33. The van der Waals surface area contributed by atoms with Gasteiger partial charge >= 0.3 is 0 Å². The van der Waals surface area contributed by atoms with Crippen LogP contribution >= 0.6 is 0 Å². The van der Waals surface area contributed by atoms with E-state index in [0.717, 1.165) is 31.4 Å². The van der Waals surface area contributed by atoms with Crippen LogP contribution in [0.5, 0.6) is 5.75 Å². The van der Waals surface area contributed by atoms with Gasteiger partial charge in [0.15, 0.2) is 0 Å². The predicted octanol–water partition coefficient (Wildman–Crippen LogP) is 3.55. The van der Waals surface area contributed by atoms with E-state index in [1.54, 1.807) is 0 Å². The average Bonchev–Trinajstić information content (AvgIpc) is 2.45. The molecule has 100 valence electrons. The second kappa shape index (κ2) is 7.42. The number of ether oxygens (including phenoxy) is 1. The summed E-state index contributed by atoms with van der Waals surface area (Å²) in [5, 5.41) is 3.60. The Balaban J connectivity index is 1.65.